The molecule has 5 nitrogen and oxygen atoms in total. The molecule has 3 aromatic carbocycles. The number of nitrogens with one attached hydrogen (secondary N) is 1. The maximum Gasteiger partial charge on any atom is 1.00 e. The topological polar surface area (TPSA) is 64.6 Å². The van der Waals surface area contributed by atoms with Gasteiger partial charge in [0.1, 0.15) is 18.2 Å². The minimum atomic E-state index is -1.18. The summed E-state index contributed by atoms with van der Waals surface area (Å²) in [6.45, 7) is 2.92. The van der Waals surface area contributed by atoms with Gasteiger partial charge in [0.2, 0.25) is 0 Å². The zero-order valence-corrected chi connectivity index (χ0v) is 22.6. The Morgan fingerprint density at radius 1 is 1.11 bits per heavy atom. The second-order valence-electron chi connectivity index (χ2n) is 8.34. The molecule has 1 N–H and O–H groups in total. The second kappa shape index (κ2) is 13.2. The number of benzene rings is 3. The molecule has 4 rings (SSSR count). The summed E-state index contributed by atoms with van der Waals surface area (Å²) in [4.78, 5) is 13.0. The van der Waals surface area contributed by atoms with Gasteiger partial charge in [0.15, 0.2) is 0 Å². The predicted molar refractivity (Wildman–Crippen MR) is 131 cm³/mol. The van der Waals surface area contributed by atoms with Gasteiger partial charge in [0, 0.05) is 35.5 Å². The molecule has 0 saturated carbocycles. The quantitative estimate of drug-likeness (QED) is 0.425. The fraction of sp³-hybridized carbons (Fsp3) is 0.296. The Morgan fingerprint density at radius 2 is 1.91 bits per heavy atom. The summed E-state index contributed by atoms with van der Waals surface area (Å²) in [5, 5.41) is 14.6. The monoisotopic (exact) mass is 504 g/mol. The summed E-state index contributed by atoms with van der Waals surface area (Å²) in [5.74, 6) is -0.785. The van der Waals surface area contributed by atoms with Crippen LogP contribution in [0.2, 0.25) is 5.02 Å². The summed E-state index contributed by atoms with van der Waals surface area (Å²) >= 11 is 5.93. The van der Waals surface area contributed by atoms with E-state index < -0.39 is 11.8 Å². The van der Waals surface area contributed by atoms with Crippen LogP contribution in [0.3, 0.4) is 0 Å². The number of nitrogens with zero attached hydrogens (tertiary/aromatic N) is 1. The first-order chi connectivity index (χ1) is 16.5. The Labute approximate surface area is 232 Å². The summed E-state index contributed by atoms with van der Waals surface area (Å²) in [6.07, 6.45) is 1.99. The number of aryl methyl sites for hydroxylation is 1. The van der Waals surface area contributed by atoms with Crippen molar-refractivity contribution >= 4 is 28.9 Å². The van der Waals surface area contributed by atoms with Crippen LogP contribution in [0.25, 0.3) is 0 Å². The van der Waals surface area contributed by atoms with Crippen molar-refractivity contribution in [2.75, 3.05) is 29.9 Å². The molecular formula is C27H27ClFN2NaO3. The number of aliphatic carboxylic acids is 1. The number of halogens is 2. The summed E-state index contributed by atoms with van der Waals surface area (Å²) in [7, 11) is 0. The number of hydrogen-bond acceptors (Lipinski definition) is 5. The summed E-state index contributed by atoms with van der Waals surface area (Å²) < 4.78 is 20.2. The molecule has 0 saturated heterocycles. The molecule has 0 fully saturated rings. The van der Waals surface area contributed by atoms with Crippen molar-refractivity contribution in [3.8, 4) is 5.75 Å². The maximum atomic E-state index is 14.3. The van der Waals surface area contributed by atoms with E-state index in [4.69, 9.17) is 16.3 Å². The fourth-order valence-corrected chi connectivity index (χ4v) is 4.40. The van der Waals surface area contributed by atoms with E-state index in [-0.39, 0.29) is 42.4 Å². The van der Waals surface area contributed by atoms with Gasteiger partial charge in [-0.3, -0.25) is 0 Å². The van der Waals surface area contributed by atoms with Crippen molar-refractivity contribution in [3.05, 3.63) is 88.2 Å². The van der Waals surface area contributed by atoms with Crippen molar-refractivity contribution in [2.24, 2.45) is 0 Å². The summed E-state index contributed by atoms with van der Waals surface area (Å²) in [5.41, 5.74) is 4.75. The number of carboxylic acids is 1. The average Bonchev–Trinajstić information content (AvgIpc) is 2.83. The second-order valence-corrected chi connectivity index (χ2v) is 8.78. The van der Waals surface area contributed by atoms with Gasteiger partial charge in [-0.05, 0) is 84.8 Å². The van der Waals surface area contributed by atoms with Crippen LogP contribution in [-0.4, -0.2) is 25.7 Å². The van der Waals surface area contributed by atoms with Gasteiger partial charge in [0.05, 0.1) is 6.54 Å². The van der Waals surface area contributed by atoms with E-state index in [9.17, 15) is 14.3 Å². The van der Waals surface area contributed by atoms with Crippen LogP contribution in [-0.2, 0) is 24.2 Å². The van der Waals surface area contributed by atoms with Crippen LogP contribution in [0.4, 0.5) is 15.8 Å². The number of hydrogen-bond donors (Lipinski definition) is 1. The molecule has 178 valence electrons. The smallest absolute Gasteiger partial charge is 0.550 e. The number of carbonyl (C=O) groups is 1. The molecule has 3 aromatic rings. The van der Waals surface area contributed by atoms with E-state index in [2.05, 4.69) is 28.4 Å². The number of fused-ring (bicyclic) bond motifs is 1. The molecule has 8 heteroatoms. The number of carboxylic acid groups (broad SMARTS) is 1. The Hall–Kier alpha value is -2.25. The molecule has 0 unspecified atom stereocenters. The van der Waals surface area contributed by atoms with Crippen molar-refractivity contribution in [3.63, 3.8) is 0 Å². The third-order valence-electron chi connectivity index (χ3n) is 6.02. The largest absolute Gasteiger partial charge is 1.00 e. The van der Waals surface area contributed by atoms with Gasteiger partial charge < -0.3 is 24.9 Å². The molecule has 0 aliphatic carbocycles. The predicted octanol–water partition coefficient (Wildman–Crippen LogP) is 1.61. The number of carbonyl (C=O) groups excluding carboxylic acids is 1. The first-order valence-corrected chi connectivity index (χ1v) is 11.8. The first kappa shape index (κ1) is 27.3. The molecule has 0 amide bonds. The zero-order valence-electron chi connectivity index (χ0n) is 19.9. The molecule has 1 aliphatic heterocycles. The van der Waals surface area contributed by atoms with E-state index in [0.717, 1.165) is 31.7 Å². The maximum absolute atomic E-state index is 14.3. The van der Waals surface area contributed by atoms with E-state index in [0.29, 0.717) is 29.4 Å². The fourth-order valence-electron chi connectivity index (χ4n) is 4.27. The van der Waals surface area contributed by atoms with Gasteiger partial charge >= 0.3 is 29.6 Å². The van der Waals surface area contributed by atoms with Crippen molar-refractivity contribution in [1.82, 2.24) is 0 Å². The Bertz CT molecular complexity index is 1140. The zero-order chi connectivity index (χ0) is 23.9. The van der Waals surface area contributed by atoms with Crippen LogP contribution in [0.1, 0.15) is 29.5 Å². The number of ether oxygens (including phenoxy) is 1. The standard InChI is InChI=1S/C27H28ClFN2O3.Na/c28-21-8-11-23(12-9-21)34-16-15-31-14-2-4-24-20(3-1-5-26(24)31)18-30-22-10-6-19(25(29)17-22)7-13-27(32)33;/h1,3,5-6,8-12,17,30H,2,4,7,13-16,18H2,(H,32,33);/q;+1/p-1. The van der Waals surface area contributed by atoms with E-state index in [1.54, 1.807) is 12.1 Å². The van der Waals surface area contributed by atoms with Gasteiger partial charge in [-0.2, -0.15) is 0 Å². The minimum Gasteiger partial charge on any atom is -0.550 e. The van der Waals surface area contributed by atoms with E-state index >= 15 is 0 Å². The average molecular weight is 505 g/mol. The van der Waals surface area contributed by atoms with Crippen LogP contribution in [0, 0.1) is 5.82 Å². The normalized spacial score (nSPS) is 12.5. The first-order valence-electron chi connectivity index (χ1n) is 11.5. The van der Waals surface area contributed by atoms with Crippen LogP contribution in [0.15, 0.2) is 60.7 Å². The Kier molecular flexibility index (Phi) is 10.3. The van der Waals surface area contributed by atoms with Crippen LogP contribution >= 0.6 is 11.6 Å². The number of anilines is 2. The van der Waals surface area contributed by atoms with E-state index in [1.165, 1.54) is 22.9 Å². The number of rotatable bonds is 10. The summed E-state index contributed by atoms with van der Waals surface area (Å²) in [6, 6.07) is 18.5. The van der Waals surface area contributed by atoms with Crippen molar-refractivity contribution < 1.29 is 48.6 Å². The van der Waals surface area contributed by atoms with Crippen LogP contribution < -0.4 is 49.6 Å². The van der Waals surface area contributed by atoms with E-state index in [1.807, 2.05) is 24.3 Å². The minimum absolute atomic E-state index is 0. The SMILES string of the molecule is O=C([O-])CCc1ccc(NCc2cccc3c2CCCN3CCOc2ccc(Cl)cc2)cc1F.[Na+]. The van der Waals surface area contributed by atoms with Gasteiger partial charge in [-0.15, -0.1) is 0 Å². The molecule has 0 spiro atoms. The Balaban J connectivity index is 0.00000342. The van der Waals surface area contributed by atoms with Gasteiger partial charge in [-0.25, -0.2) is 4.39 Å². The van der Waals surface area contributed by atoms with Crippen LogP contribution in [0.5, 0.6) is 5.75 Å². The molecule has 0 radical (unpaired) electrons. The van der Waals surface area contributed by atoms with Crippen molar-refractivity contribution in [1.29, 1.82) is 0 Å². The van der Waals surface area contributed by atoms with Crippen molar-refractivity contribution in [2.45, 2.75) is 32.2 Å². The Morgan fingerprint density at radius 3 is 2.66 bits per heavy atom. The third-order valence-corrected chi connectivity index (χ3v) is 6.27. The molecule has 0 aromatic heterocycles. The molecule has 35 heavy (non-hydrogen) atoms. The molecular weight excluding hydrogens is 478 g/mol. The third kappa shape index (κ3) is 7.61. The molecule has 0 bridgehead atoms. The molecule has 1 aliphatic rings. The van der Waals surface area contributed by atoms with Gasteiger partial charge in [-0.1, -0.05) is 29.8 Å². The van der Waals surface area contributed by atoms with Gasteiger partial charge in [0.25, 0.3) is 0 Å². The molecule has 1 heterocycles. The molecule has 0 atom stereocenters.